The molecule has 4 heterocycles. The second kappa shape index (κ2) is 6.90. The highest BCUT2D eigenvalue weighted by Gasteiger charge is 2.18. The monoisotopic (exact) mass is 387 g/mol. The first-order chi connectivity index (χ1) is 13.8. The number of benzene rings is 1. The summed E-state index contributed by atoms with van der Waals surface area (Å²) in [6.07, 6.45) is 8.98. The average Bonchev–Trinajstić information content (AvgIpc) is 3.46. The third kappa shape index (κ3) is 2.93. The molecule has 8 heteroatoms. The second-order valence-corrected chi connectivity index (χ2v) is 7.42. The number of nitrogens with zero attached hydrogens (tertiary/aromatic N) is 6. The van der Waals surface area contributed by atoms with Gasteiger partial charge in [-0.1, -0.05) is 30.3 Å². The normalized spacial score (nSPS) is 11.3. The highest BCUT2D eigenvalue weighted by molar-refractivity contribution is 7.21. The molecule has 28 heavy (non-hydrogen) atoms. The number of nitrogen functional groups attached to an aromatic ring is 1. The van der Waals surface area contributed by atoms with Crippen LogP contribution in [0.15, 0.2) is 67.8 Å². The molecule has 4 aromatic heterocycles. The van der Waals surface area contributed by atoms with Gasteiger partial charge in [0, 0.05) is 31.0 Å². The Morgan fingerprint density at radius 3 is 2.68 bits per heavy atom. The molecule has 138 valence electrons. The number of thiophene rings is 1. The van der Waals surface area contributed by atoms with E-state index >= 15 is 0 Å². The van der Waals surface area contributed by atoms with Crippen molar-refractivity contribution in [2.24, 2.45) is 0 Å². The number of aromatic nitrogens is 6. The third-order valence-electron chi connectivity index (χ3n) is 4.64. The number of nitrogens with two attached hydrogens (primary N) is 1. The number of hydrogen-bond acceptors (Lipinski definition) is 6. The van der Waals surface area contributed by atoms with Crippen LogP contribution in [0.4, 0.5) is 5.82 Å². The Labute approximate surface area is 165 Å². The van der Waals surface area contributed by atoms with Gasteiger partial charge in [-0.15, -0.1) is 11.3 Å². The van der Waals surface area contributed by atoms with Crippen molar-refractivity contribution < 1.29 is 0 Å². The molecule has 1 aromatic carbocycles. The minimum Gasteiger partial charge on any atom is -0.383 e. The van der Waals surface area contributed by atoms with Crippen molar-refractivity contribution >= 4 is 27.4 Å². The molecule has 0 saturated carbocycles. The Bertz CT molecular complexity index is 1220. The van der Waals surface area contributed by atoms with Crippen molar-refractivity contribution in [3.05, 3.63) is 67.8 Å². The summed E-state index contributed by atoms with van der Waals surface area (Å²) >= 11 is 1.60. The Kier molecular flexibility index (Phi) is 4.10. The molecule has 0 fully saturated rings. The van der Waals surface area contributed by atoms with Gasteiger partial charge in [0.05, 0.1) is 34.3 Å². The predicted octanol–water partition coefficient (Wildman–Crippen LogP) is 3.70. The predicted molar refractivity (Wildman–Crippen MR) is 111 cm³/mol. The first kappa shape index (κ1) is 16.6. The Morgan fingerprint density at radius 2 is 1.89 bits per heavy atom. The molecule has 0 aliphatic carbocycles. The summed E-state index contributed by atoms with van der Waals surface area (Å²) < 4.78 is 4.23. The zero-order chi connectivity index (χ0) is 18.9. The average molecular weight is 387 g/mol. The third-order valence-corrected chi connectivity index (χ3v) is 5.69. The standard InChI is InChI=1S/C20H17N7S/c21-19-15-10-16(28-20(15)24-11-23-19)18-17(14-4-2-1-3-5-14)25-13-27(18)9-8-26-7-6-22-12-26/h1-7,10-13H,8-9H2,(H2,21,23,24). The first-order valence-corrected chi connectivity index (χ1v) is 9.68. The molecule has 0 aliphatic rings. The van der Waals surface area contributed by atoms with Gasteiger partial charge in [0.25, 0.3) is 0 Å². The smallest absolute Gasteiger partial charge is 0.135 e. The molecular weight excluding hydrogens is 370 g/mol. The van der Waals surface area contributed by atoms with Crippen LogP contribution in [0.1, 0.15) is 0 Å². The fourth-order valence-corrected chi connectivity index (χ4v) is 4.32. The highest BCUT2D eigenvalue weighted by Crippen LogP contribution is 2.38. The van der Waals surface area contributed by atoms with E-state index in [-0.39, 0.29) is 0 Å². The van der Waals surface area contributed by atoms with E-state index in [1.807, 2.05) is 37.1 Å². The van der Waals surface area contributed by atoms with Crippen molar-refractivity contribution in [1.29, 1.82) is 0 Å². The van der Waals surface area contributed by atoms with Crippen molar-refractivity contribution in [1.82, 2.24) is 29.1 Å². The van der Waals surface area contributed by atoms with E-state index in [1.54, 1.807) is 17.5 Å². The lowest BCUT2D eigenvalue weighted by molar-refractivity contribution is 0.582. The van der Waals surface area contributed by atoms with Crippen LogP contribution < -0.4 is 5.73 Å². The number of aryl methyl sites for hydroxylation is 2. The van der Waals surface area contributed by atoms with Crippen LogP contribution >= 0.6 is 11.3 Å². The van der Waals surface area contributed by atoms with E-state index in [1.165, 1.54) is 6.33 Å². The number of anilines is 1. The quantitative estimate of drug-likeness (QED) is 0.497. The lowest BCUT2D eigenvalue weighted by Gasteiger charge is -2.09. The van der Waals surface area contributed by atoms with Crippen molar-refractivity contribution in [2.75, 3.05) is 5.73 Å². The first-order valence-electron chi connectivity index (χ1n) is 8.86. The maximum Gasteiger partial charge on any atom is 0.135 e. The SMILES string of the molecule is Nc1ncnc2sc(-c3c(-c4ccccc4)ncn3CCn3ccnc3)cc12. The summed E-state index contributed by atoms with van der Waals surface area (Å²) in [7, 11) is 0. The van der Waals surface area contributed by atoms with Gasteiger partial charge in [0.15, 0.2) is 0 Å². The van der Waals surface area contributed by atoms with Gasteiger partial charge < -0.3 is 14.9 Å². The Morgan fingerprint density at radius 1 is 1.00 bits per heavy atom. The van der Waals surface area contributed by atoms with Crippen molar-refractivity contribution in [3.63, 3.8) is 0 Å². The van der Waals surface area contributed by atoms with Gasteiger partial charge in [-0.25, -0.2) is 19.9 Å². The molecular formula is C20H17N7S. The fourth-order valence-electron chi connectivity index (χ4n) is 3.25. The van der Waals surface area contributed by atoms with Crippen LogP contribution in [0.5, 0.6) is 0 Å². The molecule has 5 rings (SSSR count). The number of fused-ring (bicyclic) bond motifs is 1. The zero-order valence-corrected chi connectivity index (χ0v) is 15.8. The molecule has 0 saturated heterocycles. The minimum absolute atomic E-state index is 0.498. The van der Waals surface area contributed by atoms with Gasteiger partial charge in [-0.05, 0) is 6.07 Å². The highest BCUT2D eigenvalue weighted by atomic mass is 32.1. The fraction of sp³-hybridized carbons (Fsp3) is 0.100. The van der Waals surface area contributed by atoms with Crippen LogP contribution in [0.3, 0.4) is 0 Å². The van der Waals surface area contributed by atoms with E-state index < -0.39 is 0 Å². The van der Waals surface area contributed by atoms with Crippen LogP contribution in [0.25, 0.3) is 32.0 Å². The number of imidazole rings is 2. The van der Waals surface area contributed by atoms with Crippen LogP contribution in [0.2, 0.25) is 0 Å². The van der Waals surface area contributed by atoms with E-state index in [0.717, 1.165) is 45.1 Å². The van der Waals surface area contributed by atoms with E-state index in [4.69, 9.17) is 10.7 Å². The molecule has 0 radical (unpaired) electrons. The zero-order valence-electron chi connectivity index (χ0n) is 14.9. The van der Waals surface area contributed by atoms with Crippen LogP contribution in [0, 0.1) is 0 Å². The largest absolute Gasteiger partial charge is 0.383 e. The summed E-state index contributed by atoms with van der Waals surface area (Å²) in [6.45, 7) is 1.59. The van der Waals surface area contributed by atoms with Crippen molar-refractivity contribution in [2.45, 2.75) is 13.1 Å². The van der Waals surface area contributed by atoms with Gasteiger partial charge in [0.1, 0.15) is 17.0 Å². The summed E-state index contributed by atoms with van der Waals surface area (Å²) in [6, 6.07) is 12.3. The molecule has 5 aromatic rings. The second-order valence-electron chi connectivity index (χ2n) is 6.39. The molecule has 7 nitrogen and oxygen atoms in total. The van der Waals surface area contributed by atoms with E-state index in [0.29, 0.717) is 5.82 Å². The minimum atomic E-state index is 0.498. The Hall–Kier alpha value is -3.52. The number of hydrogen-bond donors (Lipinski definition) is 1. The Balaban J connectivity index is 1.63. The van der Waals surface area contributed by atoms with E-state index in [9.17, 15) is 0 Å². The number of rotatable bonds is 5. The van der Waals surface area contributed by atoms with Gasteiger partial charge in [0.2, 0.25) is 0 Å². The molecule has 0 aliphatic heterocycles. The molecule has 0 bridgehead atoms. The summed E-state index contributed by atoms with van der Waals surface area (Å²) in [5, 5.41) is 0.879. The van der Waals surface area contributed by atoms with Crippen LogP contribution in [-0.4, -0.2) is 29.1 Å². The lowest BCUT2D eigenvalue weighted by Crippen LogP contribution is -2.06. The van der Waals surface area contributed by atoms with E-state index in [2.05, 4.69) is 42.3 Å². The summed E-state index contributed by atoms with van der Waals surface area (Å²) in [5.74, 6) is 0.498. The molecule has 0 atom stereocenters. The lowest BCUT2D eigenvalue weighted by atomic mass is 10.1. The molecule has 0 spiro atoms. The molecule has 0 unspecified atom stereocenters. The van der Waals surface area contributed by atoms with Gasteiger partial charge in [-0.3, -0.25) is 0 Å². The summed E-state index contributed by atoms with van der Waals surface area (Å²) in [5.41, 5.74) is 9.15. The molecule has 2 N–H and O–H groups in total. The van der Waals surface area contributed by atoms with Gasteiger partial charge in [-0.2, -0.15) is 0 Å². The molecule has 0 amide bonds. The van der Waals surface area contributed by atoms with Crippen LogP contribution in [-0.2, 0) is 13.1 Å². The summed E-state index contributed by atoms with van der Waals surface area (Å²) in [4.78, 5) is 19.3. The topological polar surface area (TPSA) is 87.4 Å². The van der Waals surface area contributed by atoms with Gasteiger partial charge >= 0.3 is 0 Å². The van der Waals surface area contributed by atoms with Crippen molar-refractivity contribution in [3.8, 4) is 21.8 Å². The maximum atomic E-state index is 6.06. The maximum absolute atomic E-state index is 6.06.